The zero-order chi connectivity index (χ0) is 18.6. The number of hydrogen-bond acceptors (Lipinski definition) is 3. The summed E-state index contributed by atoms with van der Waals surface area (Å²) >= 11 is 6.39. The predicted molar refractivity (Wildman–Crippen MR) is 109 cm³/mol. The monoisotopic (exact) mass is 379 g/mol. The number of fused-ring (bicyclic) bond motifs is 1. The van der Waals surface area contributed by atoms with E-state index in [1.807, 2.05) is 53.4 Å². The van der Waals surface area contributed by atoms with Gasteiger partial charge in [0.1, 0.15) is 5.15 Å². The fourth-order valence-electron chi connectivity index (χ4n) is 3.53. The Kier molecular flexibility index (Phi) is 5.37. The number of pyridine rings is 1. The van der Waals surface area contributed by atoms with Crippen molar-refractivity contribution >= 4 is 28.4 Å². The molecule has 4 nitrogen and oxygen atoms in total. The van der Waals surface area contributed by atoms with E-state index in [-0.39, 0.29) is 5.91 Å². The Morgan fingerprint density at radius 2 is 1.67 bits per heavy atom. The van der Waals surface area contributed by atoms with Crippen molar-refractivity contribution in [2.75, 3.05) is 26.2 Å². The second kappa shape index (κ2) is 8.07. The van der Waals surface area contributed by atoms with Crippen LogP contribution in [0.2, 0.25) is 5.15 Å². The number of carbonyl (C=O) groups excluding carboxylic acids is 1. The minimum absolute atomic E-state index is 0.200. The molecule has 0 spiro atoms. The van der Waals surface area contributed by atoms with Crippen LogP contribution in [0.4, 0.5) is 0 Å². The van der Waals surface area contributed by atoms with E-state index in [4.69, 9.17) is 11.6 Å². The van der Waals surface area contributed by atoms with E-state index < -0.39 is 0 Å². The molecule has 0 aliphatic carbocycles. The Bertz CT molecular complexity index is 937. The summed E-state index contributed by atoms with van der Waals surface area (Å²) < 4.78 is 0. The second-order valence-electron chi connectivity index (χ2n) is 6.95. The number of rotatable bonds is 4. The van der Waals surface area contributed by atoms with Gasteiger partial charge in [-0.25, -0.2) is 4.98 Å². The zero-order valence-electron chi connectivity index (χ0n) is 15.1. The lowest BCUT2D eigenvalue weighted by Gasteiger charge is -2.35. The summed E-state index contributed by atoms with van der Waals surface area (Å²) in [4.78, 5) is 21.3. The third kappa shape index (κ3) is 4.29. The highest BCUT2D eigenvalue weighted by Gasteiger charge is 2.22. The van der Waals surface area contributed by atoms with Crippen LogP contribution in [0.5, 0.6) is 0 Å². The van der Waals surface area contributed by atoms with E-state index in [2.05, 4.69) is 22.0 Å². The van der Waals surface area contributed by atoms with Crippen molar-refractivity contribution in [1.82, 2.24) is 14.8 Å². The van der Waals surface area contributed by atoms with Crippen molar-refractivity contribution in [2.45, 2.75) is 13.0 Å². The molecule has 1 amide bonds. The number of hydrogen-bond donors (Lipinski definition) is 0. The Balaban J connectivity index is 1.35. The molecule has 0 radical (unpaired) electrons. The molecular formula is C22H22ClN3O. The first kappa shape index (κ1) is 18.0. The number of nitrogens with zero attached hydrogens (tertiary/aromatic N) is 3. The second-order valence-corrected chi connectivity index (χ2v) is 7.31. The largest absolute Gasteiger partial charge is 0.340 e. The van der Waals surface area contributed by atoms with E-state index in [0.29, 0.717) is 11.6 Å². The molecule has 0 saturated carbocycles. The molecule has 0 N–H and O–H groups in total. The van der Waals surface area contributed by atoms with Crippen LogP contribution in [0.1, 0.15) is 11.1 Å². The number of para-hydroxylation sites is 1. The Hall–Kier alpha value is -2.43. The van der Waals surface area contributed by atoms with Gasteiger partial charge >= 0.3 is 0 Å². The molecule has 1 saturated heterocycles. The highest BCUT2D eigenvalue weighted by Crippen LogP contribution is 2.22. The summed E-state index contributed by atoms with van der Waals surface area (Å²) in [6, 6.07) is 20.1. The van der Waals surface area contributed by atoms with Gasteiger partial charge in [-0.2, -0.15) is 0 Å². The fraction of sp³-hybridized carbons (Fsp3) is 0.273. The average Bonchev–Trinajstić information content (AvgIpc) is 2.70. The van der Waals surface area contributed by atoms with E-state index >= 15 is 0 Å². The van der Waals surface area contributed by atoms with Crippen molar-refractivity contribution in [3.63, 3.8) is 0 Å². The van der Waals surface area contributed by atoms with Crippen molar-refractivity contribution in [2.24, 2.45) is 0 Å². The topological polar surface area (TPSA) is 36.4 Å². The standard InChI is InChI=1S/C22H22ClN3O/c23-22-19(15-18-8-4-5-9-20(18)24-22)16-25-10-12-26(13-11-25)21(27)14-17-6-2-1-3-7-17/h1-9,15H,10-14,16H2. The van der Waals surface area contributed by atoms with Gasteiger partial charge in [0.25, 0.3) is 0 Å². The van der Waals surface area contributed by atoms with Crippen LogP contribution < -0.4 is 0 Å². The first-order chi connectivity index (χ1) is 13.2. The van der Waals surface area contributed by atoms with Crippen LogP contribution in [0.3, 0.4) is 0 Å². The van der Waals surface area contributed by atoms with Crippen molar-refractivity contribution in [3.05, 3.63) is 76.9 Å². The molecule has 27 heavy (non-hydrogen) atoms. The Labute approximate surface area is 164 Å². The van der Waals surface area contributed by atoms with Crippen LogP contribution in [-0.2, 0) is 17.8 Å². The molecule has 0 bridgehead atoms. The molecule has 1 aliphatic heterocycles. The summed E-state index contributed by atoms with van der Waals surface area (Å²) in [7, 11) is 0. The average molecular weight is 380 g/mol. The lowest BCUT2D eigenvalue weighted by molar-refractivity contribution is -0.132. The molecule has 1 aliphatic rings. The molecule has 5 heteroatoms. The van der Waals surface area contributed by atoms with E-state index in [1.54, 1.807) is 0 Å². The minimum Gasteiger partial charge on any atom is -0.340 e. The maximum absolute atomic E-state index is 12.5. The summed E-state index contributed by atoms with van der Waals surface area (Å²) in [5.41, 5.74) is 3.03. The van der Waals surface area contributed by atoms with E-state index in [1.165, 1.54) is 0 Å². The summed E-state index contributed by atoms with van der Waals surface area (Å²) in [6.07, 6.45) is 0.473. The SMILES string of the molecule is O=C(Cc1ccccc1)N1CCN(Cc2cc3ccccc3nc2Cl)CC1. The van der Waals surface area contributed by atoms with Gasteiger partial charge in [0.2, 0.25) is 5.91 Å². The molecule has 1 fully saturated rings. The van der Waals surface area contributed by atoms with Gasteiger partial charge in [0.05, 0.1) is 11.9 Å². The Morgan fingerprint density at radius 3 is 2.44 bits per heavy atom. The third-order valence-electron chi connectivity index (χ3n) is 5.07. The van der Waals surface area contributed by atoms with Gasteiger partial charge in [-0.1, -0.05) is 60.1 Å². The number of halogens is 1. The number of benzene rings is 2. The van der Waals surface area contributed by atoms with Gasteiger partial charge in [-0.15, -0.1) is 0 Å². The molecule has 2 aromatic carbocycles. The minimum atomic E-state index is 0.200. The molecule has 138 valence electrons. The van der Waals surface area contributed by atoms with Gasteiger partial charge in [-0.3, -0.25) is 9.69 Å². The number of carbonyl (C=O) groups is 1. The molecule has 4 rings (SSSR count). The van der Waals surface area contributed by atoms with E-state index in [9.17, 15) is 4.79 Å². The van der Waals surface area contributed by atoms with Crippen LogP contribution >= 0.6 is 11.6 Å². The number of amides is 1. The molecular weight excluding hydrogens is 358 g/mol. The van der Waals surface area contributed by atoms with E-state index in [0.717, 1.165) is 54.8 Å². The first-order valence-corrected chi connectivity index (χ1v) is 9.65. The molecule has 3 aromatic rings. The predicted octanol–water partition coefficient (Wildman–Crippen LogP) is 3.78. The first-order valence-electron chi connectivity index (χ1n) is 9.27. The molecule has 0 atom stereocenters. The highest BCUT2D eigenvalue weighted by molar-refractivity contribution is 6.30. The molecule has 2 heterocycles. The number of aromatic nitrogens is 1. The highest BCUT2D eigenvalue weighted by atomic mass is 35.5. The lowest BCUT2D eigenvalue weighted by Crippen LogP contribution is -2.48. The normalized spacial score (nSPS) is 15.2. The fourth-order valence-corrected chi connectivity index (χ4v) is 3.73. The summed E-state index contributed by atoms with van der Waals surface area (Å²) in [5.74, 6) is 0.200. The maximum Gasteiger partial charge on any atom is 0.227 e. The van der Waals surface area contributed by atoms with Crippen molar-refractivity contribution in [3.8, 4) is 0 Å². The molecule has 1 aromatic heterocycles. The third-order valence-corrected chi connectivity index (χ3v) is 5.39. The van der Waals surface area contributed by atoms with Crippen LogP contribution in [0, 0.1) is 0 Å². The van der Waals surface area contributed by atoms with Crippen LogP contribution in [0.15, 0.2) is 60.7 Å². The smallest absolute Gasteiger partial charge is 0.227 e. The maximum atomic E-state index is 12.5. The zero-order valence-corrected chi connectivity index (χ0v) is 15.9. The van der Waals surface area contributed by atoms with Crippen LogP contribution in [0.25, 0.3) is 10.9 Å². The van der Waals surface area contributed by atoms with Gasteiger partial charge in [0.15, 0.2) is 0 Å². The van der Waals surface area contributed by atoms with Gasteiger partial charge in [0, 0.05) is 43.7 Å². The number of piperazine rings is 1. The molecule has 0 unspecified atom stereocenters. The van der Waals surface area contributed by atoms with Gasteiger partial charge < -0.3 is 4.90 Å². The quantitative estimate of drug-likeness (QED) is 0.647. The summed E-state index contributed by atoms with van der Waals surface area (Å²) in [6.45, 7) is 3.97. The van der Waals surface area contributed by atoms with Crippen molar-refractivity contribution < 1.29 is 4.79 Å². The summed E-state index contributed by atoms with van der Waals surface area (Å²) in [5, 5.41) is 1.67. The van der Waals surface area contributed by atoms with Gasteiger partial charge in [-0.05, 0) is 17.7 Å². The van der Waals surface area contributed by atoms with Crippen LogP contribution in [-0.4, -0.2) is 46.9 Å². The van der Waals surface area contributed by atoms with Crippen molar-refractivity contribution in [1.29, 1.82) is 0 Å². The lowest BCUT2D eigenvalue weighted by atomic mass is 10.1. The Morgan fingerprint density at radius 1 is 0.963 bits per heavy atom.